The van der Waals surface area contributed by atoms with Gasteiger partial charge in [-0.1, -0.05) is 24.3 Å². The van der Waals surface area contributed by atoms with Crippen molar-refractivity contribution in [3.8, 4) is 0 Å². The van der Waals surface area contributed by atoms with Gasteiger partial charge in [0, 0.05) is 24.5 Å². The lowest BCUT2D eigenvalue weighted by atomic mass is 10.1. The monoisotopic (exact) mass is 353 g/mol. The molecule has 0 fully saturated rings. The number of nitrogens with one attached hydrogen (secondary N) is 2. The molecule has 0 spiro atoms. The fourth-order valence-corrected chi connectivity index (χ4v) is 2.78. The third-order valence-electron chi connectivity index (χ3n) is 4.05. The molecule has 8 nitrogen and oxygen atoms in total. The average Bonchev–Trinajstić information content (AvgIpc) is 2.66. The second-order valence-corrected chi connectivity index (χ2v) is 5.68. The molecule has 26 heavy (non-hydrogen) atoms. The van der Waals surface area contributed by atoms with E-state index in [1.807, 2.05) is 31.2 Å². The van der Waals surface area contributed by atoms with Crippen molar-refractivity contribution in [3.05, 3.63) is 64.0 Å². The Morgan fingerprint density at radius 2 is 1.92 bits per heavy atom. The largest absolute Gasteiger partial charge is 0.392 e. The van der Waals surface area contributed by atoms with E-state index in [4.69, 9.17) is 0 Å². The van der Waals surface area contributed by atoms with Gasteiger partial charge in [0.05, 0.1) is 17.0 Å². The molecule has 0 saturated heterocycles. The van der Waals surface area contributed by atoms with Crippen molar-refractivity contribution < 1.29 is 10.0 Å². The minimum Gasteiger partial charge on any atom is -0.392 e. The summed E-state index contributed by atoms with van der Waals surface area (Å²) in [6.07, 6.45) is 1.42. The zero-order valence-corrected chi connectivity index (χ0v) is 14.3. The number of nitrogens with zero attached hydrogens (tertiary/aromatic N) is 3. The first kappa shape index (κ1) is 17.6. The Bertz CT molecular complexity index is 945. The van der Waals surface area contributed by atoms with Gasteiger partial charge >= 0.3 is 0 Å². The molecule has 3 aromatic rings. The zero-order chi connectivity index (χ0) is 18.5. The van der Waals surface area contributed by atoms with Crippen molar-refractivity contribution >= 4 is 28.1 Å². The molecular formula is C18H19N5O3. The number of hydrogen-bond acceptors (Lipinski definition) is 7. The van der Waals surface area contributed by atoms with Gasteiger partial charge in [-0.15, -0.1) is 0 Å². The van der Waals surface area contributed by atoms with Gasteiger partial charge in [0.2, 0.25) is 0 Å². The molecule has 0 atom stereocenters. The molecule has 0 amide bonds. The van der Waals surface area contributed by atoms with Gasteiger partial charge in [-0.25, -0.2) is 9.97 Å². The summed E-state index contributed by atoms with van der Waals surface area (Å²) in [5, 5.41) is 27.6. The van der Waals surface area contributed by atoms with Crippen LogP contribution in [0.5, 0.6) is 0 Å². The van der Waals surface area contributed by atoms with E-state index in [0.717, 1.165) is 11.1 Å². The maximum Gasteiger partial charge on any atom is 0.293 e. The fourth-order valence-electron chi connectivity index (χ4n) is 2.78. The number of hydrogen-bond donors (Lipinski definition) is 3. The number of aromatic nitrogens is 2. The van der Waals surface area contributed by atoms with E-state index in [2.05, 4.69) is 20.6 Å². The number of nitro groups is 1. The summed E-state index contributed by atoms with van der Waals surface area (Å²) < 4.78 is 0. The highest BCUT2D eigenvalue weighted by molar-refractivity contribution is 5.94. The number of anilines is 2. The first-order chi connectivity index (χ1) is 12.6. The number of rotatable bonds is 7. The summed E-state index contributed by atoms with van der Waals surface area (Å²) >= 11 is 0. The summed E-state index contributed by atoms with van der Waals surface area (Å²) in [5.74, 6) is 0.508. The standard InChI is InChI=1S/C18H19N5O3/c1-2-19-16-8-15-14(7-17(16)23(25)26)18(22-11-21-15)20-9-12-5-3-4-6-13(12)10-24/h3-8,11,19,24H,2,9-10H2,1H3,(H,20,21,22). The van der Waals surface area contributed by atoms with E-state index in [-0.39, 0.29) is 12.3 Å². The summed E-state index contributed by atoms with van der Waals surface area (Å²) in [7, 11) is 0. The van der Waals surface area contributed by atoms with Gasteiger partial charge in [0.1, 0.15) is 17.8 Å². The van der Waals surface area contributed by atoms with E-state index in [1.165, 1.54) is 12.4 Å². The maximum atomic E-state index is 11.4. The second-order valence-electron chi connectivity index (χ2n) is 5.68. The zero-order valence-electron chi connectivity index (χ0n) is 14.3. The van der Waals surface area contributed by atoms with Crippen LogP contribution in [0.3, 0.4) is 0 Å². The Morgan fingerprint density at radius 3 is 2.62 bits per heavy atom. The Balaban J connectivity index is 1.98. The summed E-state index contributed by atoms with van der Waals surface area (Å²) in [5.41, 5.74) is 2.77. The van der Waals surface area contributed by atoms with Gasteiger partial charge in [-0.05, 0) is 24.1 Å². The van der Waals surface area contributed by atoms with Gasteiger partial charge in [-0.3, -0.25) is 10.1 Å². The number of fused-ring (bicyclic) bond motifs is 1. The number of aliphatic hydroxyl groups excluding tert-OH is 1. The molecule has 3 N–H and O–H groups in total. The topological polar surface area (TPSA) is 113 Å². The lowest BCUT2D eigenvalue weighted by Gasteiger charge is -2.12. The third-order valence-corrected chi connectivity index (χ3v) is 4.05. The molecule has 0 radical (unpaired) electrons. The van der Waals surface area contributed by atoms with E-state index >= 15 is 0 Å². The van der Waals surface area contributed by atoms with Crippen LogP contribution in [0.1, 0.15) is 18.1 Å². The number of nitro benzene ring substituents is 1. The lowest BCUT2D eigenvalue weighted by Crippen LogP contribution is -2.06. The summed E-state index contributed by atoms with van der Waals surface area (Å²) in [4.78, 5) is 19.4. The molecule has 0 unspecified atom stereocenters. The van der Waals surface area contributed by atoms with Gasteiger partial charge in [0.15, 0.2) is 0 Å². The third kappa shape index (κ3) is 3.55. The predicted octanol–water partition coefficient (Wildman–Crippen LogP) is 3.07. The highest BCUT2D eigenvalue weighted by atomic mass is 16.6. The van der Waals surface area contributed by atoms with Crippen LogP contribution in [0, 0.1) is 10.1 Å². The molecule has 0 bridgehead atoms. The lowest BCUT2D eigenvalue weighted by molar-refractivity contribution is -0.383. The molecule has 0 aliphatic carbocycles. The predicted molar refractivity (Wildman–Crippen MR) is 100 cm³/mol. The van der Waals surface area contributed by atoms with E-state index < -0.39 is 4.92 Å². The molecule has 1 aromatic heterocycles. The Kier molecular flexibility index (Phi) is 5.23. The van der Waals surface area contributed by atoms with Crippen LogP contribution in [-0.2, 0) is 13.2 Å². The van der Waals surface area contributed by atoms with E-state index in [9.17, 15) is 15.2 Å². The fraction of sp³-hybridized carbons (Fsp3) is 0.222. The van der Waals surface area contributed by atoms with Crippen molar-refractivity contribution in [1.29, 1.82) is 0 Å². The Morgan fingerprint density at radius 1 is 1.15 bits per heavy atom. The number of aliphatic hydroxyl groups is 1. The van der Waals surface area contributed by atoms with Crippen molar-refractivity contribution in [2.24, 2.45) is 0 Å². The van der Waals surface area contributed by atoms with Crippen LogP contribution in [0.4, 0.5) is 17.2 Å². The molecule has 3 rings (SSSR count). The highest BCUT2D eigenvalue weighted by Gasteiger charge is 2.17. The summed E-state index contributed by atoms with van der Waals surface area (Å²) in [6.45, 7) is 2.82. The highest BCUT2D eigenvalue weighted by Crippen LogP contribution is 2.32. The van der Waals surface area contributed by atoms with Crippen LogP contribution in [-0.4, -0.2) is 26.5 Å². The molecule has 0 saturated carbocycles. The van der Waals surface area contributed by atoms with E-state index in [1.54, 1.807) is 6.07 Å². The minimum absolute atomic E-state index is 0.0204. The first-order valence-electron chi connectivity index (χ1n) is 8.22. The normalized spacial score (nSPS) is 10.7. The van der Waals surface area contributed by atoms with Crippen LogP contribution in [0.2, 0.25) is 0 Å². The summed E-state index contributed by atoms with van der Waals surface area (Å²) in [6, 6.07) is 10.7. The molecule has 2 aromatic carbocycles. The van der Waals surface area contributed by atoms with Gasteiger partial charge < -0.3 is 15.7 Å². The molecule has 0 aliphatic heterocycles. The molecule has 8 heteroatoms. The average molecular weight is 353 g/mol. The van der Waals surface area contributed by atoms with Crippen molar-refractivity contribution in [3.63, 3.8) is 0 Å². The quantitative estimate of drug-likeness (QED) is 0.442. The van der Waals surface area contributed by atoms with Crippen molar-refractivity contribution in [2.75, 3.05) is 17.2 Å². The minimum atomic E-state index is -0.421. The van der Waals surface area contributed by atoms with Crippen molar-refractivity contribution in [1.82, 2.24) is 9.97 Å². The van der Waals surface area contributed by atoms with Gasteiger partial charge in [-0.2, -0.15) is 0 Å². The number of benzene rings is 2. The SMILES string of the molecule is CCNc1cc2ncnc(NCc3ccccc3CO)c2cc1[N+](=O)[O-]. The molecule has 134 valence electrons. The van der Waals surface area contributed by atoms with Crippen molar-refractivity contribution in [2.45, 2.75) is 20.1 Å². The maximum absolute atomic E-state index is 11.4. The van der Waals surface area contributed by atoms with E-state index in [0.29, 0.717) is 35.5 Å². The van der Waals surface area contributed by atoms with Crippen LogP contribution < -0.4 is 10.6 Å². The Labute approximate surface area is 150 Å². The Hall–Kier alpha value is -3.26. The molecular weight excluding hydrogens is 334 g/mol. The molecule has 0 aliphatic rings. The van der Waals surface area contributed by atoms with Gasteiger partial charge in [0.25, 0.3) is 5.69 Å². The molecule has 1 heterocycles. The smallest absolute Gasteiger partial charge is 0.293 e. The van der Waals surface area contributed by atoms with Crippen LogP contribution in [0.15, 0.2) is 42.7 Å². The van der Waals surface area contributed by atoms with Crippen LogP contribution >= 0.6 is 0 Å². The van der Waals surface area contributed by atoms with Crippen LogP contribution in [0.25, 0.3) is 10.9 Å². The second kappa shape index (κ2) is 7.75. The first-order valence-corrected chi connectivity index (χ1v) is 8.22.